The van der Waals surface area contributed by atoms with Crippen molar-refractivity contribution in [1.82, 2.24) is 16.0 Å². The molecular weight excluding hydrogens is 330 g/mol. The second-order valence-electron chi connectivity index (χ2n) is 6.83. The summed E-state index contributed by atoms with van der Waals surface area (Å²) in [5, 5.41) is 16.2. The minimum absolute atomic E-state index is 0.00859. The fourth-order valence-electron chi connectivity index (χ4n) is 3.01. The van der Waals surface area contributed by atoms with Crippen molar-refractivity contribution >= 4 is 17.6 Å². The van der Waals surface area contributed by atoms with E-state index in [1.807, 2.05) is 12.1 Å². The molecule has 2 rings (SSSR count). The third-order valence-electron chi connectivity index (χ3n) is 4.66. The highest BCUT2D eigenvalue weighted by atomic mass is 16.2. The molecule has 0 heterocycles. The predicted molar refractivity (Wildman–Crippen MR) is 102 cm³/mol. The van der Waals surface area contributed by atoms with Crippen LogP contribution in [-0.2, 0) is 16.1 Å². The van der Waals surface area contributed by atoms with Crippen molar-refractivity contribution in [2.24, 2.45) is 5.73 Å². The Labute approximate surface area is 154 Å². The summed E-state index contributed by atoms with van der Waals surface area (Å²) in [6.07, 6.45) is 5.61. The van der Waals surface area contributed by atoms with E-state index in [4.69, 9.17) is 11.1 Å². The largest absolute Gasteiger partial charge is 0.384 e. The molecule has 0 aliphatic heterocycles. The molecule has 0 radical (unpaired) electrons. The van der Waals surface area contributed by atoms with Crippen LogP contribution in [-0.4, -0.2) is 36.3 Å². The predicted octanol–water partition coefficient (Wildman–Crippen LogP) is 1.01. The number of amidine groups is 1. The molecule has 1 unspecified atom stereocenters. The molecular formula is C19H29N5O2. The van der Waals surface area contributed by atoms with Crippen LogP contribution < -0.4 is 21.7 Å². The second kappa shape index (κ2) is 9.91. The van der Waals surface area contributed by atoms with E-state index in [2.05, 4.69) is 16.0 Å². The van der Waals surface area contributed by atoms with E-state index in [-0.39, 0.29) is 30.2 Å². The molecule has 1 aromatic rings. The van der Waals surface area contributed by atoms with Gasteiger partial charge in [0.05, 0.1) is 12.6 Å². The molecule has 2 amide bonds. The number of carbonyl (C=O) groups is 2. The number of rotatable bonds is 8. The minimum atomic E-state index is -0.412. The molecule has 0 spiro atoms. The molecule has 7 heteroatoms. The van der Waals surface area contributed by atoms with Gasteiger partial charge in [-0.1, -0.05) is 43.5 Å². The number of nitrogen functional groups attached to an aromatic ring is 1. The second-order valence-corrected chi connectivity index (χ2v) is 6.83. The van der Waals surface area contributed by atoms with Gasteiger partial charge < -0.3 is 21.7 Å². The smallest absolute Gasteiger partial charge is 0.239 e. The quantitative estimate of drug-likeness (QED) is 0.351. The normalized spacial score (nSPS) is 15.9. The first kappa shape index (κ1) is 19.9. The Morgan fingerprint density at radius 2 is 1.85 bits per heavy atom. The maximum absolute atomic E-state index is 12.1. The third kappa shape index (κ3) is 6.48. The van der Waals surface area contributed by atoms with Gasteiger partial charge in [-0.2, -0.15) is 0 Å². The molecule has 0 saturated heterocycles. The van der Waals surface area contributed by atoms with Gasteiger partial charge in [-0.05, 0) is 25.3 Å². The van der Waals surface area contributed by atoms with Gasteiger partial charge in [0, 0.05) is 18.2 Å². The minimum Gasteiger partial charge on any atom is -0.384 e. The van der Waals surface area contributed by atoms with Crippen molar-refractivity contribution in [3.63, 3.8) is 0 Å². The van der Waals surface area contributed by atoms with Crippen molar-refractivity contribution in [2.45, 2.75) is 57.7 Å². The highest BCUT2D eigenvalue weighted by Gasteiger charge is 2.17. The molecule has 0 aromatic heterocycles. The lowest BCUT2D eigenvalue weighted by Crippen LogP contribution is -2.47. The highest BCUT2D eigenvalue weighted by molar-refractivity contribution is 5.94. The monoisotopic (exact) mass is 359 g/mol. The van der Waals surface area contributed by atoms with E-state index in [0.29, 0.717) is 12.1 Å². The Hall–Kier alpha value is -2.41. The maximum Gasteiger partial charge on any atom is 0.239 e. The lowest BCUT2D eigenvalue weighted by atomic mass is 9.95. The van der Waals surface area contributed by atoms with Crippen molar-refractivity contribution in [3.05, 3.63) is 35.4 Å². The van der Waals surface area contributed by atoms with Crippen LogP contribution in [0.4, 0.5) is 0 Å². The summed E-state index contributed by atoms with van der Waals surface area (Å²) in [5.74, 6) is -0.301. The first-order valence-corrected chi connectivity index (χ1v) is 9.19. The van der Waals surface area contributed by atoms with Crippen molar-refractivity contribution in [1.29, 1.82) is 5.41 Å². The van der Waals surface area contributed by atoms with Gasteiger partial charge in [0.15, 0.2) is 0 Å². The average molecular weight is 359 g/mol. The van der Waals surface area contributed by atoms with E-state index < -0.39 is 6.04 Å². The maximum atomic E-state index is 12.1. The lowest BCUT2D eigenvalue weighted by Gasteiger charge is -2.23. The summed E-state index contributed by atoms with van der Waals surface area (Å²) >= 11 is 0. The van der Waals surface area contributed by atoms with E-state index in [0.717, 1.165) is 31.2 Å². The molecule has 1 atom stereocenters. The molecule has 6 N–H and O–H groups in total. The van der Waals surface area contributed by atoms with Crippen LogP contribution >= 0.6 is 0 Å². The van der Waals surface area contributed by atoms with Gasteiger partial charge in [0.2, 0.25) is 11.8 Å². The van der Waals surface area contributed by atoms with Crippen molar-refractivity contribution in [3.8, 4) is 0 Å². The molecule has 1 aliphatic rings. The summed E-state index contributed by atoms with van der Waals surface area (Å²) in [7, 11) is 0. The fraction of sp³-hybridized carbons (Fsp3) is 0.526. The number of hydrogen-bond donors (Lipinski definition) is 5. The van der Waals surface area contributed by atoms with Gasteiger partial charge in [-0.3, -0.25) is 15.0 Å². The summed E-state index contributed by atoms with van der Waals surface area (Å²) in [6, 6.07) is 7.13. The first-order chi connectivity index (χ1) is 12.5. The number of carbonyl (C=O) groups excluding carboxylic acids is 2. The van der Waals surface area contributed by atoms with Crippen LogP contribution in [0.25, 0.3) is 0 Å². The zero-order valence-corrected chi connectivity index (χ0v) is 15.3. The van der Waals surface area contributed by atoms with Crippen LogP contribution in [0.1, 0.15) is 50.2 Å². The molecule has 0 bridgehead atoms. The fourth-order valence-corrected chi connectivity index (χ4v) is 3.01. The Bertz CT molecular complexity index is 623. The van der Waals surface area contributed by atoms with Crippen LogP contribution in [0.2, 0.25) is 0 Å². The number of amides is 2. The Kier molecular flexibility index (Phi) is 7.59. The van der Waals surface area contributed by atoms with Gasteiger partial charge >= 0.3 is 0 Å². The lowest BCUT2D eigenvalue weighted by molar-refractivity contribution is -0.127. The molecule has 26 heavy (non-hydrogen) atoms. The van der Waals surface area contributed by atoms with Gasteiger partial charge in [-0.25, -0.2) is 0 Å². The van der Waals surface area contributed by atoms with Crippen molar-refractivity contribution < 1.29 is 9.59 Å². The zero-order chi connectivity index (χ0) is 18.9. The molecule has 1 saturated carbocycles. The molecule has 142 valence electrons. The topological polar surface area (TPSA) is 120 Å². The van der Waals surface area contributed by atoms with Crippen molar-refractivity contribution in [2.75, 3.05) is 6.54 Å². The number of benzene rings is 1. The summed E-state index contributed by atoms with van der Waals surface area (Å²) in [6.45, 7) is 2.29. The molecule has 1 fully saturated rings. The highest BCUT2D eigenvalue weighted by Crippen LogP contribution is 2.17. The Morgan fingerprint density at radius 3 is 2.46 bits per heavy atom. The van der Waals surface area contributed by atoms with Gasteiger partial charge in [-0.15, -0.1) is 0 Å². The summed E-state index contributed by atoms with van der Waals surface area (Å²) in [5.41, 5.74) is 7.08. The molecule has 1 aliphatic carbocycles. The van der Waals surface area contributed by atoms with Gasteiger partial charge in [0.25, 0.3) is 0 Å². The number of nitrogens with one attached hydrogen (secondary N) is 4. The first-order valence-electron chi connectivity index (χ1n) is 9.19. The molecule has 7 nitrogen and oxygen atoms in total. The van der Waals surface area contributed by atoms with E-state index in [9.17, 15) is 9.59 Å². The number of nitrogens with two attached hydrogens (primary N) is 1. The molecule has 1 aromatic carbocycles. The number of hydrogen-bond acceptors (Lipinski definition) is 4. The van der Waals surface area contributed by atoms with Crippen LogP contribution in [0.5, 0.6) is 0 Å². The SMILES string of the molecule is CC(NCc1ccc(C(=N)N)cc1)C(=O)NCC(=O)NC1CCCCC1. The summed E-state index contributed by atoms with van der Waals surface area (Å²) < 4.78 is 0. The van der Waals surface area contributed by atoms with E-state index >= 15 is 0 Å². The van der Waals surface area contributed by atoms with Crippen LogP contribution in [0.3, 0.4) is 0 Å². The van der Waals surface area contributed by atoms with Gasteiger partial charge in [0.1, 0.15) is 5.84 Å². The van der Waals surface area contributed by atoms with E-state index in [1.165, 1.54) is 6.42 Å². The Balaban J connectivity index is 1.68. The van der Waals surface area contributed by atoms with E-state index in [1.54, 1.807) is 19.1 Å². The average Bonchev–Trinajstić information content (AvgIpc) is 2.65. The van der Waals surface area contributed by atoms with Crippen LogP contribution in [0.15, 0.2) is 24.3 Å². The Morgan fingerprint density at radius 1 is 1.19 bits per heavy atom. The van der Waals surface area contributed by atoms with Crippen LogP contribution in [0, 0.1) is 5.41 Å². The standard InChI is InChI=1S/C19H29N5O2/c1-13(22-11-14-7-9-15(10-8-14)18(20)21)19(26)23-12-17(25)24-16-5-3-2-4-6-16/h7-10,13,16,22H,2-6,11-12H2,1H3,(H3,20,21)(H,23,26)(H,24,25). The zero-order valence-electron chi connectivity index (χ0n) is 15.3. The summed E-state index contributed by atoms with van der Waals surface area (Å²) in [4.78, 5) is 24.0. The third-order valence-corrected chi connectivity index (χ3v) is 4.66.